The SMILES string of the molecule is COC(CC(=O)O)C(=O)OC(CC(=O)OC(C)(C)C)C(C)=O.COC(CC(=O)O)C(C)=O.O=C(CC1OC(=O)C(CC(=O)OC(=O)c2ccccc2)OC1=O)OC(=O)c1ccccc1. The summed E-state index contributed by atoms with van der Waals surface area (Å²) in [6, 6.07) is 15.3. The Hall–Kier alpha value is -7.20. The summed E-state index contributed by atoms with van der Waals surface area (Å²) in [4.78, 5) is 138. The number of aliphatic carboxylic acids is 2. The Morgan fingerprint density at radius 1 is 0.578 bits per heavy atom. The van der Waals surface area contributed by atoms with Crippen LogP contribution in [-0.2, 0) is 85.8 Å². The lowest BCUT2D eigenvalue weighted by Crippen LogP contribution is -2.46. The maximum absolute atomic E-state index is 12.1. The minimum Gasteiger partial charge on any atom is -0.481 e. The number of carbonyl (C=O) groups excluding carboxylic acids is 10. The van der Waals surface area contributed by atoms with Crippen molar-refractivity contribution >= 4 is 71.3 Å². The van der Waals surface area contributed by atoms with E-state index in [4.69, 9.17) is 33.9 Å². The van der Waals surface area contributed by atoms with Crippen LogP contribution in [0, 0.1) is 0 Å². The van der Waals surface area contributed by atoms with Crippen LogP contribution in [0.2, 0.25) is 0 Å². The number of Topliss-reactive ketones (excluding diaryl/α,β-unsaturated/α-hetero) is 2. The van der Waals surface area contributed by atoms with Gasteiger partial charge in [0.2, 0.25) is 12.2 Å². The molecule has 0 saturated carbocycles. The molecule has 1 aliphatic heterocycles. The molecule has 348 valence electrons. The third-order valence-corrected chi connectivity index (χ3v) is 7.67. The van der Waals surface area contributed by atoms with Gasteiger partial charge in [0.1, 0.15) is 11.7 Å². The van der Waals surface area contributed by atoms with Crippen LogP contribution in [0.3, 0.4) is 0 Å². The summed E-state index contributed by atoms with van der Waals surface area (Å²) in [5.41, 5.74) is -0.499. The first-order valence-electron chi connectivity index (χ1n) is 18.8. The van der Waals surface area contributed by atoms with Crippen LogP contribution in [0.5, 0.6) is 0 Å². The number of ether oxygens (including phenoxy) is 8. The first-order chi connectivity index (χ1) is 29.9. The minimum absolute atomic E-state index is 0.118. The third kappa shape index (κ3) is 21.5. The summed E-state index contributed by atoms with van der Waals surface area (Å²) in [5.74, 6) is -11.1. The zero-order chi connectivity index (χ0) is 48.7. The Labute approximate surface area is 365 Å². The Balaban J connectivity index is 0.000000553. The van der Waals surface area contributed by atoms with E-state index in [1.165, 1.54) is 38.3 Å². The van der Waals surface area contributed by atoms with Crippen LogP contribution in [0.15, 0.2) is 60.7 Å². The second-order valence-corrected chi connectivity index (χ2v) is 14.1. The Morgan fingerprint density at radius 3 is 1.27 bits per heavy atom. The van der Waals surface area contributed by atoms with Gasteiger partial charge in [0.05, 0.1) is 43.2 Å². The summed E-state index contributed by atoms with van der Waals surface area (Å²) in [7, 11) is 2.46. The zero-order valence-corrected chi connectivity index (χ0v) is 35.8. The van der Waals surface area contributed by atoms with Gasteiger partial charge < -0.3 is 48.1 Å². The van der Waals surface area contributed by atoms with Crippen molar-refractivity contribution < 1.29 is 106 Å². The molecule has 2 aromatic rings. The lowest BCUT2D eigenvalue weighted by atomic mass is 10.1. The predicted molar refractivity (Wildman–Crippen MR) is 211 cm³/mol. The Morgan fingerprint density at radius 2 is 0.953 bits per heavy atom. The van der Waals surface area contributed by atoms with Gasteiger partial charge in [-0.2, -0.15) is 0 Å². The highest BCUT2D eigenvalue weighted by molar-refractivity contribution is 6.00. The fourth-order valence-corrected chi connectivity index (χ4v) is 4.63. The van der Waals surface area contributed by atoms with Crippen LogP contribution < -0.4 is 0 Å². The van der Waals surface area contributed by atoms with Crippen molar-refractivity contribution in [3.63, 3.8) is 0 Å². The molecule has 0 spiro atoms. The van der Waals surface area contributed by atoms with E-state index in [0.717, 1.165) is 14.0 Å². The minimum atomic E-state index is -1.64. The zero-order valence-electron chi connectivity index (χ0n) is 35.8. The van der Waals surface area contributed by atoms with Gasteiger partial charge in [0.15, 0.2) is 23.8 Å². The summed E-state index contributed by atoms with van der Waals surface area (Å²) >= 11 is 0. The first-order valence-corrected chi connectivity index (χ1v) is 18.8. The lowest BCUT2D eigenvalue weighted by Gasteiger charge is -2.26. The molecule has 1 aliphatic rings. The summed E-state index contributed by atoms with van der Waals surface area (Å²) in [6.45, 7) is 7.44. The molecule has 2 aromatic carbocycles. The molecule has 64 heavy (non-hydrogen) atoms. The monoisotopic (exact) mass is 904 g/mol. The maximum atomic E-state index is 12.1. The molecule has 2 N–H and O–H groups in total. The number of rotatable bonds is 18. The van der Waals surface area contributed by atoms with Gasteiger partial charge in [-0.15, -0.1) is 0 Å². The van der Waals surface area contributed by atoms with Crippen LogP contribution in [0.4, 0.5) is 0 Å². The molecule has 22 nitrogen and oxygen atoms in total. The van der Waals surface area contributed by atoms with Crippen molar-refractivity contribution in [1.29, 1.82) is 0 Å². The number of carbonyl (C=O) groups is 12. The standard InChI is InChI=1S/C22H16O10.C14H22O8.C6H10O4/c23-17(31-19(25)13-7-3-1-4-8-13)11-15-21(27)30-16(22(28)29-15)12-18(24)32-20(26)14-9-5-2-6-10-14;1-8(15)9(7-12(18)22-14(2,3)4)21-13(19)10(20-5)6-11(16)17;1-4(7)5(10-2)3-6(8)9/h1-10,15-16H,11-12H2;9-10H,6-7H2,1-5H3,(H,16,17);5H,3H2,1-2H3,(H,8,9). The van der Waals surface area contributed by atoms with Gasteiger partial charge in [-0.3, -0.25) is 33.6 Å². The largest absolute Gasteiger partial charge is 0.481 e. The van der Waals surface area contributed by atoms with Crippen molar-refractivity contribution in [1.82, 2.24) is 0 Å². The van der Waals surface area contributed by atoms with E-state index >= 15 is 0 Å². The molecule has 5 unspecified atom stereocenters. The molecule has 22 heteroatoms. The van der Waals surface area contributed by atoms with Crippen molar-refractivity contribution in [2.75, 3.05) is 14.2 Å². The number of ketones is 2. The second-order valence-electron chi connectivity index (χ2n) is 14.1. The molecule has 0 radical (unpaired) electrons. The quantitative estimate of drug-likeness (QED) is 0.123. The Bertz CT molecular complexity index is 1920. The van der Waals surface area contributed by atoms with E-state index in [1.807, 2.05) is 0 Å². The Kier molecular flexibility index (Phi) is 23.1. The predicted octanol–water partition coefficient (Wildman–Crippen LogP) is 2.14. The van der Waals surface area contributed by atoms with Crippen molar-refractivity contribution in [2.24, 2.45) is 0 Å². The maximum Gasteiger partial charge on any atom is 0.348 e. The van der Waals surface area contributed by atoms with E-state index < -0.39 is 127 Å². The second kappa shape index (κ2) is 27.0. The van der Waals surface area contributed by atoms with Crippen molar-refractivity contribution in [3.05, 3.63) is 71.8 Å². The van der Waals surface area contributed by atoms with Crippen LogP contribution in [0.1, 0.15) is 87.4 Å². The average molecular weight is 905 g/mol. The van der Waals surface area contributed by atoms with Crippen molar-refractivity contribution in [2.45, 2.75) is 103 Å². The van der Waals surface area contributed by atoms with Gasteiger partial charge >= 0.3 is 59.7 Å². The number of hydrogen-bond donors (Lipinski definition) is 2. The van der Waals surface area contributed by atoms with Crippen LogP contribution in [0.25, 0.3) is 0 Å². The molecule has 3 rings (SSSR count). The van der Waals surface area contributed by atoms with Crippen LogP contribution >= 0.6 is 0 Å². The number of cyclic esters (lactones) is 2. The average Bonchev–Trinajstić information content (AvgIpc) is 3.20. The molecular weight excluding hydrogens is 856 g/mol. The highest BCUT2D eigenvalue weighted by Crippen LogP contribution is 2.18. The normalized spacial score (nSPS) is 15.5. The van der Waals surface area contributed by atoms with E-state index in [9.17, 15) is 57.5 Å². The number of methoxy groups -OCH3 is 2. The molecule has 1 heterocycles. The van der Waals surface area contributed by atoms with E-state index in [1.54, 1.807) is 57.2 Å². The fourth-order valence-electron chi connectivity index (χ4n) is 4.63. The van der Waals surface area contributed by atoms with E-state index in [2.05, 4.69) is 14.2 Å². The summed E-state index contributed by atoms with van der Waals surface area (Å²) < 4.78 is 38.1. The van der Waals surface area contributed by atoms with Gasteiger partial charge in [-0.25, -0.2) is 24.0 Å². The van der Waals surface area contributed by atoms with Gasteiger partial charge in [0, 0.05) is 14.2 Å². The van der Waals surface area contributed by atoms with Crippen LogP contribution in [-0.4, -0.2) is 132 Å². The molecule has 1 fully saturated rings. The lowest BCUT2D eigenvalue weighted by molar-refractivity contribution is -0.197. The molecular formula is C42H48O22. The van der Waals surface area contributed by atoms with Gasteiger partial charge in [0.25, 0.3) is 0 Å². The van der Waals surface area contributed by atoms with Gasteiger partial charge in [-0.05, 0) is 58.9 Å². The molecule has 0 bridgehead atoms. The topological polar surface area (TPSA) is 319 Å². The number of carboxylic acid groups (broad SMARTS) is 2. The smallest absolute Gasteiger partial charge is 0.348 e. The number of benzene rings is 2. The number of esters is 8. The first kappa shape index (κ1) is 54.8. The van der Waals surface area contributed by atoms with Gasteiger partial charge in [-0.1, -0.05) is 36.4 Å². The molecule has 5 atom stereocenters. The molecule has 1 saturated heterocycles. The van der Waals surface area contributed by atoms with Crippen molar-refractivity contribution in [3.8, 4) is 0 Å². The number of carboxylic acids is 2. The highest BCUT2D eigenvalue weighted by atomic mass is 16.7. The molecule has 0 aromatic heterocycles. The van der Waals surface area contributed by atoms with E-state index in [0.29, 0.717) is 0 Å². The molecule has 0 amide bonds. The summed E-state index contributed by atoms with van der Waals surface area (Å²) in [5, 5.41) is 16.9. The fraction of sp³-hybridized carbons (Fsp3) is 0.429. The summed E-state index contributed by atoms with van der Waals surface area (Å²) in [6.07, 6.45) is -9.59. The molecule has 0 aliphatic carbocycles. The third-order valence-electron chi connectivity index (χ3n) is 7.67. The highest BCUT2D eigenvalue weighted by Gasteiger charge is 2.41. The van der Waals surface area contributed by atoms with E-state index in [-0.39, 0.29) is 23.3 Å². The number of hydrogen-bond acceptors (Lipinski definition) is 20.